The van der Waals surface area contributed by atoms with E-state index in [9.17, 15) is 9.59 Å². The Hall–Kier alpha value is -1.26. The average molecular weight is 241 g/mol. The molecular formula is C12H19NO4. The van der Waals surface area contributed by atoms with E-state index in [1.54, 1.807) is 4.90 Å². The Morgan fingerprint density at radius 1 is 1.18 bits per heavy atom. The van der Waals surface area contributed by atoms with Gasteiger partial charge in [0, 0.05) is 19.0 Å². The first-order chi connectivity index (χ1) is 8.18. The summed E-state index contributed by atoms with van der Waals surface area (Å²) in [7, 11) is 0. The molecule has 1 atom stereocenters. The predicted molar refractivity (Wildman–Crippen MR) is 60.7 cm³/mol. The van der Waals surface area contributed by atoms with Crippen LogP contribution in [0.4, 0.5) is 4.79 Å². The van der Waals surface area contributed by atoms with Crippen LogP contribution in [0, 0.1) is 0 Å². The maximum absolute atomic E-state index is 11.8. The highest BCUT2D eigenvalue weighted by molar-refractivity contribution is 5.78. The lowest BCUT2D eigenvalue weighted by Crippen LogP contribution is -2.49. The van der Waals surface area contributed by atoms with Gasteiger partial charge in [0.25, 0.3) is 0 Å². The van der Waals surface area contributed by atoms with Gasteiger partial charge in [-0.05, 0) is 12.8 Å². The van der Waals surface area contributed by atoms with Crippen LogP contribution in [0.3, 0.4) is 0 Å². The largest absolute Gasteiger partial charge is 0.479 e. The highest BCUT2D eigenvalue weighted by Gasteiger charge is 2.35. The first kappa shape index (κ1) is 12.2. The number of hydrogen-bond acceptors (Lipinski definition) is 3. The number of ether oxygens (including phenoxy) is 1. The lowest BCUT2D eigenvalue weighted by molar-refractivity contribution is -0.150. The molecule has 0 bridgehead atoms. The van der Waals surface area contributed by atoms with Crippen LogP contribution < -0.4 is 0 Å². The molecule has 1 aliphatic carbocycles. The second-order valence-corrected chi connectivity index (χ2v) is 4.84. The molecule has 96 valence electrons. The van der Waals surface area contributed by atoms with Gasteiger partial charge in [-0.25, -0.2) is 9.59 Å². The quantitative estimate of drug-likeness (QED) is 0.751. The molecule has 0 spiro atoms. The lowest BCUT2D eigenvalue weighted by atomic mass is 10.1. The molecule has 2 fully saturated rings. The van der Waals surface area contributed by atoms with Crippen molar-refractivity contribution in [1.29, 1.82) is 0 Å². The average Bonchev–Trinajstić information content (AvgIpc) is 2.57. The zero-order valence-corrected chi connectivity index (χ0v) is 9.93. The zero-order valence-electron chi connectivity index (χ0n) is 9.93. The van der Waals surface area contributed by atoms with E-state index in [0.29, 0.717) is 13.0 Å². The molecular weight excluding hydrogens is 222 g/mol. The fourth-order valence-corrected chi connectivity index (χ4v) is 2.67. The third-order valence-electron chi connectivity index (χ3n) is 3.65. The van der Waals surface area contributed by atoms with E-state index in [2.05, 4.69) is 0 Å². The molecule has 1 amide bonds. The van der Waals surface area contributed by atoms with E-state index in [0.717, 1.165) is 25.7 Å². The van der Waals surface area contributed by atoms with E-state index in [4.69, 9.17) is 9.84 Å². The molecule has 2 rings (SSSR count). The topological polar surface area (TPSA) is 66.8 Å². The van der Waals surface area contributed by atoms with Crippen molar-refractivity contribution in [1.82, 2.24) is 4.90 Å². The van der Waals surface area contributed by atoms with Gasteiger partial charge >= 0.3 is 12.1 Å². The number of carbonyl (C=O) groups excluding carboxylic acids is 1. The normalized spacial score (nSPS) is 27.4. The smallest absolute Gasteiger partial charge is 0.410 e. The molecule has 2 aliphatic rings. The summed E-state index contributed by atoms with van der Waals surface area (Å²) in [4.78, 5) is 24.2. The van der Waals surface area contributed by atoms with Crippen molar-refractivity contribution >= 4 is 12.1 Å². The van der Waals surface area contributed by atoms with Crippen molar-refractivity contribution in [3.8, 4) is 0 Å². The molecule has 1 heterocycles. The Kier molecular flexibility index (Phi) is 3.86. The molecule has 0 aromatic heterocycles. The maximum atomic E-state index is 11.8. The second kappa shape index (κ2) is 5.38. The van der Waals surface area contributed by atoms with Crippen LogP contribution in [0.25, 0.3) is 0 Å². The monoisotopic (exact) mass is 241 g/mol. The van der Waals surface area contributed by atoms with Gasteiger partial charge in [-0.3, -0.25) is 0 Å². The molecule has 5 heteroatoms. The van der Waals surface area contributed by atoms with Crippen molar-refractivity contribution in [2.75, 3.05) is 6.54 Å². The minimum Gasteiger partial charge on any atom is -0.479 e. The first-order valence-electron chi connectivity index (χ1n) is 6.38. The zero-order chi connectivity index (χ0) is 12.3. The first-order valence-corrected chi connectivity index (χ1v) is 6.38. The van der Waals surface area contributed by atoms with Gasteiger partial charge < -0.3 is 14.7 Å². The molecule has 1 saturated carbocycles. The van der Waals surface area contributed by atoms with E-state index in [1.807, 2.05) is 0 Å². The number of aliphatic carboxylic acids is 1. The van der Waals surface area contributed by atoms with Gasteiger partial charge in [0.15, 0.2) is 0 Å². The summed E-state index contributed by atoms with van der Waals surface area (Å²) in [6, 6.07) is 0.250. The van der Waals surface area contributed by atoms with Gasteiger partial charge in [0.1, 0.15) is 0 Å². The number of hydrogen-bond donors (Lipinski definition) is 1. The Morgan fingerprint density at radius 2 is 1.82 bits per heavy atom. The van der Waals surface area contributed by atoms with Crippen molar-refractivity contribution in [2.24, 2.45) is 0 Å². The summed E-state index contributed by atoms with van der Waals surface area (Å²) in [6.07, 6.45) is 5.80. The second-order valence-electron chi connectivity index (χ2n) is 4.84. The SMILES string of the molecule is O=C(O)C1CCN(C2CCCCCC2)C(=O)O1. The molecule has 5 nitrogen and oxygen atoms in total. The third kappa shape index (κ3) is 2.90. The highest BCUT2D eigenvalue weighted by Crippen LogP contribution is 2.25. The summed E-state index contributed by atoms with van der Waals surface area (Å²) < 4.78 is 4.94. The number of amides is 1. The molecule has 0 aromatic carbocycles. The molecule has 1 aliphatic heterocycles. The van der Waals surface area contributed by atoms with Gasteiger partial charge in [-0.2, -0.15) is 0 Å². The number of rotatable bonds is 2. The summed E-state index contributed by atoms with van der Waals surface area (Å²) in [6.45, 7) is 0.514. The molecule has 1 unspecified atom stereocenters. The van der Waals surface area contributed by atoms with Gasteiger partial charge in [0.05, 0.1) is 0 Å². The number of carboxylic acid groups (broad SMARTS) is 1. The highest BCUT2D eigenvalue weighted by atomic mass is 16.6. The molecule has 1 N–H and O–H groups in total. The van der Waals surface area contributed by atoms with Gasteiger partial charge in [-0.1, -0.05) is 25.7 Å². The van der Waals surface area contributed by atoms with E-state index in [1.165, 1.54) is 12.8 Å². The van der Waals surface area contributed by atoms with Gasteiger partial charge in [-0.15, -0.1) is 0 Å². The summed E-state index contributed by atoms with van der Waals surface area (Å²) in [5.74, 6) is -1.04. The molecule has 1 saturated heterocycles. The molecule has 0 radical (unpaired) electrons. The number of cyclic esters (lactones) is 1. The number of nitrogens with zero attached hydrogens (tertiary/aromatic N) is 1. The predicted octanol–water partition coefficient (Wildman–Crippen LogP) is 2.00. The Morgan fingerprint density at radius 3 is 2.35 bits per heavy atom. The van der Waals surface area contributed by atoms with Crippen LogP contribution in [0.1, 0.15) is 44.9 Å². The standard InChI is InChI=1S/C12H19NO4/c14-11(15)10-7-8-13(12(16)17-10)9-5-3-1-2-4-6-9/h9-10H,1-8H2,(H,14,15). The van der Waals surface area contributed by atoms with Crippen molar-refractivity contribution in [3.63, 3.8) is 0 Å². The van der Waals surface area contributed by atoms with Crippen LogP contribution >= 0.6 is 0 Å². The Balaban J connectivity index is 1.93. The van der Waals surface area contributed by atoms with Crippen molar-refractivity contribution < 1.29 is 19.4 Å². The fraction of sp³-hybridized carbons (Fsp3) is 0.833. The molecule has 17 heavy (non-hydrogen) atoms. The maximum Gasteiger partial charge on any atom is 0.410 e. The fourth-order valence-electron chi connectivity index (χ4n) is 2.67. The van der Waals surface area contributed by atoms with Crippen LogP contribution in [-0.2, 0) is 9.53 Å². The Bertz CT molecular complexity index is 297. The lowest BCUT2D eigenvalue weighted by Gasteiger charge is -2.35. The van der Waals surface area contributed by atoms with Gasteiger partial charge in [0.2, 0.25) is 6.10 Å². The number of carbonyl (C=O) groups is 2. The summed E-state index contributed by atoms with van der Waals surface area (Å²) >= 11 is 0. The minimum absolute atomic E-state index is 0.250. The molecule has 0 aromatic rings. The summed E-state index contributed by atoms with van der Waals surface area (Å²) in [5.41, 5.74) is 0. The number of carboxylic acids is 1. The van der Waals surface area contributed by atoms with Crippen molar-refractivity contribution in [2.45, 2.75) is 57.1 Å². The Labute approximate surface area is 101 Å². The van der Waals surface area contributed by atoms with Crippen molar-refractivity contribution in [3.05, 3.63) is 0 Å². The van der Waals surface area contributed by atoms with Crippen LogP contribution in [0.2, 0.25) is 0 Å². The van der Waals surface area contributed by atoms with Crippen LogP contribution in [-0.4, -0.2) is 40.8 Å². The van der Waals surface area contributed by atoms with E-state index in [-0.39, 0.29) is 6.04 Å². The van der Waals surface area contributed by atoms with Crippen LogP contribution in [0.5, 0.6) is 0 Å². The van der Waals surface area contributed by atoms with E-state index < -0.39 is 18.2 Å². The summed E-state index contributed by atoms with van der Waals surface area (Å²) in [5, 5.41) is 8.80. The third-order valence-corrected chi connectivity index (χ3v) is 3.65. The van der Waals surface area contributed by atoms with Crippen LogP contribution in [0.15, 0.2) is 0 Å². The minimum atomic E-state index is -1.04. The van der Waals surface area contributed by atoms with E-state index >= 15 is 0 Å².